The fourth-order valence-corrected chi connectivity index (χ4v) is 2.42. The maximum atomic E-state index is 12.6. The number of amides is 1. The lowest BCUT2D eigenvalue weighted by molar-refractivity contribution is 0.0601. The second-order valence-corrected chi connectivity index (χ2v) is 5.19. The van der Waals surface area contributed by atoms with Gasteiger partial charge in [0.2, 0.25) is 0 Å². The van der Waals surface area contributed by atoms with E-state index >= 15 is 0 Å². The maximum absolute atomic E-state index is 12.6. The van der Waals surface area contributed by atoms with E-state index in [1.165, 1.54) is 33.5 Å². The van der Waals surface area contributed by atoms with E-state index in [0.717, 1.165) is 5.69 Å². The van der Waals surface area contributed by atoms with Crippen LogP contribution in [0.5, 0.6) is 11.5 Å². The zero-order valence-electron chi connectivity index (χ0n) is 14.9. The van der Waals surface area contributed by atoms with E-state index in [1.54, 1.807) is 17.7 Å². The van der Waals surface area contributed by atoms with Crippen LogP contribution in [0.1, 0.15) is 33.5 Å². The van der Waals surface area contributed by atoms with Gasteiger partial charge in [-0.2, -0.15) is 5.10 Å². The van der Waals surface area contributed by atoms with Gasteiger partial charge in [0.15, 0.2) is 11.5 Å². The van der Waals surface area contributed by atoms with Crippen molar-refractivity contribution in [1.82, 2.24) is 9.78 Å². The summed E-state index contributed by atoms with van der Waals surface area (Å²) in [7, 11) is 4.19. The highest BCUT2D eigenvalue weighted by Crippen LogP contribution is 2.34. The van der Waals surface area contributed by atoms with Crippen LogP contribution in [0.15, 0.2) is 18.2 Å². The number of aryl methyl sites for hydroxylation is 2. The van der Waals surface area contributed by atoms with Crippen molar-refractivity contribution in [2.45, 2.75) is 20.4 Å². The van der Waals surface area contributed by atoms with E-state index in [9.17, 15) is 9.59 Å². The Labute approximate surface area is 145 Å². The van der Waals surface area contributed by atoms with Crippen LogP contribution >= 0.6 is 0 Å². The molecule has 25 heavy (non-hydrogen) atoms. The summed E-state index contributed by atoms with van der Waals surface area (Å²) in [6, 6.07) is 4.66. The third-order valence-electron chi connectivity index (χ3n) is 3.61. The largest absolute Gasteiger partial charge is 0.493 e. The van der Waals surface area contributed by atoms with Crippen LogP contribution in [0.2, 0.25) is 0 Å². The summed E-state index contributed by atoms with van der Waals surface area (Å²) in [6.45, 7) is 4.24. The molecular weight excluding hydrogens is 326 g/mol. The van der Waals surface area contributed by atoms with Gasteiger partial charge in [-0.1, -0.05) is 0 Å². The summed E-state index contributed by atoms with van der Waals surface area (Å²) in [5.41, 5.74) is 1.54. The molecule has 1 aromatic heterocycles. The first kappa shape index (κ1) is 18.3. The van der Waals surface area contributed by atoms with Crippen LogP contribution in [0, 0.1) is 6.92 Å². The SMILES string of the molecule is CCn1nc(C)cc1C(=O)Nc1cc(OC)c(OC)cc1C(=O)OC. The molecule has 1 aromatic carbocycles. The Bertz CT molecular complexity index is 798. The van der Waals surface area contributed by atoms with Gasteiger partial charge in [0, 0.05) is 18.7 Å². The van der Waals surface area contributed by atoms with Crippen molar-refractivity contribution in [3.63, 3.8) is 0 Å². The molecule has 0 aliphatic heterocycles. The predicted molar refractivity (Wildman–Crippen MR) is 91.5 cm³/mol. The van der Waals surface area contributed by atoms with Gasteiger partial charge in [-0.25, -0.2) is 4.79 Å². The van der Waals surface area contributed by atoms with Gasteiger partial charge in [0.05, 0.1) is 38.3 Å². The standard InChI is InChI=1S/C17H21N3O5/c1-6-20-13(7-10(2)19-20)16(21)18-12-9-15(24-4)14(23-3)8-11(12)17(22)25-5/h7-9H,6H2,1-5H3,(H,18,21). The Morgan fingerprint density at radius 1 is 1.12 bits per heavy atom. The van der Waals surface area contributed by atoms with Gasteiger partial charge in [0.1, 0.15) is 5.69 Å². The monoisotopic (exact) mass is 347 g/mol. The molecule has 1 heterocycles. The second kappa shape index (κ2) is 7.69. The summed E-state index contributed by atoms with van der Waals surface area (Å²) < 4.78 is 16.8. The number of carbonyl (C=O) groups excluding carboxylic acids is 2. The van der Waals surface area contributed by atoms with E-state index in [4.69, 9.17) is 14.2 Å². The number of nitrogens with one attached hydrogen (secondary N) is 1. The molecule has 0 atom stereocenters. The van der Waals surface area contributed by atoms with E-state index in [2.05, 4.69) is 10.4 Å². The molecule has 0 bridgehead atoms. The molecular formula is C17H21N3O5. The van der Waals surface area contributed by atoms with Gasteiger partial charge in [-0.05, 0) is 19.9 Å². The molecule has 2 rings (SSSR count). The van der Waals surface area contributed by atoms with Gasteiger partial charge >= 0.3 is 5.97 Å². The van der Waals surface area contributed by atoms with Crippen molar-refractivity contribution < 1.29 is 23.8 Å². The Balaban J connectivity index is 2.46. The number of carbonyl (C=O) groups is 2. The van der Waals surface area contributed by atoms with Crippen molar-refractivity contribution in [3.05, 3.63) is 35.2 Å². The zero-order valence-corrected chi connectivity index (χ0v) is 14.9. The molecule has 0 aliphatic rings. The van der Waals surface area contributed by atoms with Gasteiger partial charge in [-0.15, -0.1) is 0 Å². The summed E-state index contributed by atoms with van der Waals surface area (Å²) in [5, 5.41) is 6.97. The minimum absolute atomic E-state index is 0.160. The number of hydrogen-bond donors (Lipinski definition) is 1. The first-order valence-electron chi connectivity index (χ1n) is 7.65. The van der Waals surface area contributed by atoms with Crippen molar-refractivity contribution >= 4 is 17.6 Å². The average molecular weight is 347 g/mol. The molecule has 8 heteroatoms. The van der Waals surface area contributed by atoms with Gasteiger partial charge < -0.3 is 19.5 Å². The molecule has 1 amide bonds. The lowest BCUT2D eigenvalue weighted by atomic mass is 10.1. The Hall–Kier alpha value is -3.03. The number of esters is 1. The molecule has 1 N–H and O–H groups in total. The quantitative estimate of drug-likeness (QED) is 0.806. The number of aromatic nitrogens is 2. The molecule has 2 aromatic rings. The highest BCUT2D eigenvalue weighted by Gasteiger charge is 2.21. The molecule has 0 aliphatic carbocycles. The number of nitrogens with zero attached hydrogens (tertiary/aromatic N) is 2. The summed E-state index contributed by atoms with van der Waals surface area (Å²) in [4.78, 5) is 24.7. The van der Waals surface area contributed by atoms with E-state index in [-0.39, 0.29) is 17.2 Å². The summed E-state index contributed by atoms with van der Waals surface area (Å²) >= 11 is 0. The molecule has 0 saturated heterocycles. The minimum Gasteiger partial charge on any atom is -0.493 e. The number of ether oxygens (including phenoxy) is 3. The molecule has 0 unspecified atom stereocenters. The fraction of sp³-hybridized carbons (Fsp3) is 0.353. The smallest absolute Gasteiger partial charge is 0.340 e. The van der Waals surface area contributed by atoms with Crippen molar-refractivity contribution in [1.29, 1.82) is 0 Å². The molecule has 0 fully saturated rings. The van der Waals surface area contributed by atoms with Crippen molar-refractivity contribution in [2.24, 2.45) is 0 Å². The Kier molecular flexibility index (Phi) is 5.63. The molecule has 8 nitrogen and oxygen atoms in total. The third-order valence-corrected chi connectivity index (χ3v) is 3.61. The lowest BCUT2D eigenvalue weighted by Gasteiger charge is -2.14. The maximum Gasteiger partial charge on any atom is 0.340 e. The van der Waals surface area contributed by atoms with E-state index in [1.807, 2.05) is 6.92 Å². The molecule has 0 spiro atoms. The van der Waals surface area contributed by atoms with Crippen LogP contribution < -0.4 is 14.8 Å². The molecule has 0 radical (unpaired) electrons. The third kappa shape index (κ3) is 3.73. The summed E-state index contributed by atoms with van der Waals surface area (Å²) in [6.07, 6.45) is 0. The highest BCUT2D eigenvalue weighted by molar-refractivity contribution is 6.07. The van der Waals surface area contributed by atoms with E-state index in [0.29, 0.717) is 23.7 Å². The van der Waals surface area contributed by atoms with Crippen molar-refractivity contribution in [2.75, 3.05) is 26.6 Å². The van der Waals surface area contributed by atoms with Gasteiger partial charge in [0.25, 0.3) is 5.91 Å². The molecule has 0 saturated carbocycles. The zero-order chi connectivity index (χ0) is 18.6. The van der Waals surface area contributed by atoms with Crippen LogP contribution in [0.25, 0.3) is 0 Å². The van der Waals surface area contributed by atoms with E-state index < -0.39 is 5.97 Å². The lowest BCUT2D eigenvalue weighted by Crippen LogP contribution is -2.19. The Morgan fingerprint density at radius 3 is 2.32 bits per heavy atom. The van der Waals surface area contributed by atoms with Crippen LogP contribution in [0.3, 0.4) is 0 Å². The van der Waals surface area contributed by atoms with Crippen molar-refractivity contribution in [3.8, 4) is 11.5 Å². The van der Waals surface area contributed by atoms with Crippen LogP contribution in [-0.2, 0) is 11.3 Å². The number of anilines is 1. The Morgan fingerprint density at radius 2 is 1.76 bits per heavy atom. The van der Waals surface area contributed by atoms with Crippen LogP contribution in [-0.4, -0.2) is 43.0 Å². The normalized spacial score (nSPS) is 10.3. The summed E-state index contributed by atoms with van der Waals surface area (Å²) in [5.74, 6) is -0.253. The number of benzene rings is 1. The fourth-order valence-electron chi connectivity index (χ4n) is 2.42. The predicted octanol–water partition coefficient (Wildman–Crippen LogP) is 2.27. The highest BCUT2D eigenvalue weighted by atomic mass is 16.5. The average Bonchev–Trinajstić information content (AvgIpc) is 3.01. The first-order valence-corrected chi connectivity index (χ1v) is 7.65. The minimum atomic E-state index is -0.601. The topological polar surface area (TPSA) is 91.7 Å². The van der Waals surface area contributed by atoms with Gasteiger partial charge in [-0.3, -0.25) is 9.48 Å². The molecule has 134 valence electrons. The second-order valence-electron chi connectivity index (χ2n) is 5.19. The number of rotatable bonds is 6. The van der Waals surface area contributed by atoms with Crippen LogP contribution in [0.4, 0.5) is 5.69 Å². The first-order chi connectivity index (χ1) is 11.9. The number of hydrogen-bond acceptors (Lipinski definition) is 6. The number of methoxy groups -OCH3 is 3.